The molecular weight excluding hydrogens is 761 g/mol. The molecule has 6 N–H and O–H groups in total. The molecule has 2 unspecified atom stereocenters. The van der Waals surface area contributed by atoms with E-state index in [4.69, 9.17) is 21.5 Å². The second kappa shape index (κ2) is 37.0. The molecule has 0 aliphatic carbocycles. The van der Waals surface area contributed by atoms with Crippen molar-refractivity contribution in [1.29, 1.82) is 0 Å². The maximum atomic E-state index is 12.7. The van der Waals surface area contributed by atoms with E-state index in [9.17, 15) is 24.0 Å². The molecule has 284 valence electrons. The average molecular weight is 785 g/mol. The SMILES string of the molecule is C#CC#CC#CC#CC#CC#CC#CC#CC#CONC(CCC(=O)O)C(=O)NCCNC(=O)C(CCC(=O)O)NC(=O)C#CC#CC#CC#CC#CC#CC#CC#CC. The highest BCUT2D eigenvalue weighted by Crippen LogP contribution is 2.00. The van der Waals surface area contributed by atoms with Crippen molar-refractivity contribution in [3.8, 4) is 202 Å². The van der Waals surface area contributed by atoms with Gasteiger partial charge in [-0.3, -0.25) is 24.0 Å². The summed E-state index contributed by atoms with van der Waals surface area (Å²) in [5.74, 6) is 71.9. The molecule has 2 atom stereocenters. The zero-order valence-electron chi connectivity index (χ0n) is 31.3. The van der Waals surface area contributed by atoms with Crippen molar-refractivity contribution in [3.05, 3.63) is 0 Å². The summed E-state index contributed by atoms with van der Waals surface area (Å²) < 4.78 is 0. The van der Waals surface area contributed by atoms with Gasteiger partial charge in [-0.1, -0.05) is 5.92 Å². The minimum atomic E-state index is -1.29. The van der Waals surface area contributed by atoms with Crippen LogP contribution in [0.5, 0.6) is 0 Å². The van der Waals surface area contributed by atoms with Crippen LogP contribution in [0.1, 0.15) is 32.6 Å². The highest BCUT2D eigenvalue weighted by molar-refractivity contribution is 5.97. The van der Waals surface area contributed by atoms with E-state index >= 15 is 0 Å². The van der Waals surface area contributed by atoms with Crippen LogP contribution in [0.4, 0.5) is 0 Å². The number of aliphatic carboxylic acids is 2. The number of carbonyl (C=O) groups is 5. The molecule has 0 saturated heterocycles. The molecule has 0 aliphatic heterocycles. The summed E-state index contributed by atoms with van der Waals surface area (Å²) in [5, 5.41) is 25.3. The van der Waals surface area contributed by atoms with E-state index < -0.39 is 54.6 Å². The van der Waals surface area contributed by atoms with Crippen LogP contribution in [0.25, 0.3) is 0 Å². The van der Waals surface area contributed by atoms with Crippen molar-refractivity contribution < 1.29 is 39.0 Å². The Morgan fingerprint density at radius 2 is 0.850 bits per heavy atom. The van der Waals surface area contributed by atoms with Crippen LogP contribution >= 0.6 is 0 Å². The van der Waals surface area contributed by atoms with Crippen molar-refractivity contribution in [1.82, 2.24) is 21.4 Å². The Labute approximate surface area is 349 Å². The molecule has 0 aromatic rings. The number of hydroxylamine groups is 1. The van der Waals surface area contributed by atoms with Crippen LogP contribution in [0.2, 0.25) is 0 Å². The molecule has 0 aliphatic rings. The lowest BCUT2D eigenvalue weighted by molar-refractivity contribution is -0.139. The third-order valence-corrected chi connectivity index (χ3v) is 5.32. The first kappa shape index (κ1) is 49.6. The minimum Gasteiger partial charge on any atom is -0.481 e. The van der Waals surface area contributed by atoms with Crippen molar-refractivity contribution in [2.24, 2.45) is 0 Å². The Morgan fingerprint density at radius 1 is 0.500 bits per heavy atom. The number of amides is 3. The molecule has 0 rings (SSSR count). The summed E-state index contributed by atoms with van der Waals surface area (Å²) in [6, 6.07) is -2.46. The van der Waals surface area contributed by atoms with Gasteiger partial charge < -0.3 is 31.0 Å². The number of carbonyl (C=O) groups excluding carboxylic acids is 3. The lowest BCUT2D eigenvalue weighted by Crippen LogP contribution is -2.49. The number of rotatable bonds is 14. The summed E-state index contributed by atoms with van der Waals surface area (Å²) in [5.41, 5.74) is 2.33. The molecule has 0 radical (unpaired) electrons. The maximum absolute atomic E-state index is 12.7. The molecule has 60 heavy (non-hydrogen) atoms. The Morgan fingerprint density at radius 3 is 1.25 bits per heavy atom. The quantitative estimate of drug-likeness (QED) is 0.0659. The zero-order valence-corrected chi connectivity index (χ0v) is 31.3. The van der Waals surface area contributed by atoms with E-state index in [1.807, 2.05) is 0 Å². The Hall–Kier alpha value is -10.4. The van der Waals surface area contributed by atoms with Crippen LogP contribution in [-0.2, 0) is 28.8 Å². The molecule has 12 heteroatoms. The topological polar surface area (TPSA) is 183 Å². The van der Waals surface area contributed by atoms with Gasteiger partial charge in [-0.2, -0.15) is 0 Å². The molecule has 0 saturated carbocycles. The van der Waals surface area contributed by atoms with Crippen LogP contribution in [0.3, 0.4) is 0 Å². The van der Waals surface area contributed by atoms with Crippen LogP contribution < -0.4 is 21.4 Å². The molecule has 12 nitrogen and oxygen atoms in total. The lowest BCUT2D eigenvalue weighted by Gasteiger charge is -2.18. The van der Waals surface area contributed by atoms with Gasteiger partial charge in [0.05, 0.1) is 0 Å². The van der Waals surface area contributed by atoms with E-state index in [1.165, 1.54) is 0 Å². The summed E-state index contributed by atoms with van der Waals surface area (Å²) >= 11 is 0. The van der Waals surface area contributed by atoms with Gasteiger partial charge in [0.2, 0.25) is 11.8 Å². The highest BCUT2D eigenvalue weighted by Gasteiger charge is 2.22. The van der Waals surface area contributed by atoms with E-state index in [1.54, 1.807) is 6.92 Å². The number of hydrogen-bond donors (Lipinski definition) is 6. The number of hydrogen-bond acceptors (Lipinski definition) is 7. The van der Waals surface area contributed by atoms with Gasteiger partial charge in [0.1, 0.15) is 12.1 Å². The number of carboxylic acid groups (broad SMARTS) is 2. The van der Waals surface area contributed by atoms with Crippen molar-refractivity contribution in [2.75, 3.05) is 13.1 Å². The normalized spacial score (nSPS) is 7.73. The smallest absolute Gasteiger partial charge is 0.303 e. The second-order valence-corrected chi connectivity index (χ2v) is 9.49. The second-order valence-electron chi connectivity index (χ2n) is 9.49. The van der Waals surface area contributed by atoms with Crippen molar-refractivity contribution in [2.45, 2.75) is 44.7 Å². The van der Waals surface area contributed by atoms with E-state index in [0.29, 0.717) is 0 Å². The number of nitrogens with one attached hydrogen (secondary N) is 4. The van der Waals surface area contributed by atoms with Gasteiger partial charge in [0, 0.05) is 79.2 Å². The Kier molecular flexibility index (Phi) is 30.6. The largest absolute Gasteiger partial charge is 0.481 e. The van der Waals surface area contributed by atoms with Gasteiger partial charge in [0.15, 0.2) is 6.11 Å². The fourth-order valence-corrected chi connectivity index (χ4v) is 2.98. The van der Waals surface area contributed by atoms with Gasteiger partial charge in [-0.25, -0.2) is 0 Å². The van der Waals surface area contributed by atoms with Crippen LogP contribution in [0.15, 0.2) is 0 Å². The molecule has 0 aromatic carbocycles. The molecule has 0 bridgehead atoms. The summed E-state index contributed by atoms with van der Waals surface area (Å²) in [6.45, 7) is 1.35. The number of terminal acetylenes is 1. The lowest BCUT2D eigenvalue weighted by atomic mass is 10.1. The maximum Gasteiger partial charge on any atom is 0.303 e. The predicted molar refractivity (Wildman–Crippen MR) is 219 cm³/mol. The fraction of sp³-hybridized carbons (Fsp3) is 0.188. The fourth-order valence-electron chi connectivity index (χ4n) is 2.98. The average Bonchev–Trinajstić information content (AvgIpc) is 3.22. The highest BCUT2D eigenvalue weighted by atomic mass is 16.6. The Bertz CT molecular complexity index is 2800. The summed E-state index contributed by atoms with van der Waals surface area (Å²) in [4.78, 5) is 64.7. The standard InChI is InChI=1S/C48H24N4O8/c1-3-5-7-9-11-13-15-17-19-21-23-25-27-29-31-33-41-60-52-43(36-38-46(56)57)48(59)50-40-39-49-47(58)42(35-37-45(54)55)51-44(53)34-32-30-28-26-24-22-20-18-16-14-12-10-8-6-4-2/h1,42-43,52H,35-40H2,2H3,(H,49,58)(H,50,59)(H,51,53)(H,54,55)(H,56,57). The molecule has 0 heterocycles. The molecule has 0 spiro atoms. The van der Waals surface area contributed by atoms with Crippen molar-refractivity contribution >= 4 is 29.7 Å². The first-order chi connectivity index (χ1) is 29.2. The summed E-state index contributed by atoms with van der Waals surface area (Å²) in [7, 11) is 0. The summed E-state index contributed by atoms with van der Waals surface area (Å²) in [6.07, 6.45) is 5.79. The first-order valence-corrected chi connectivity index (χ1v) is 16.3. The molecular formula is C48H24N4O8. The minimum absolute atomic E-state index is 0.142. The van der Waals surface area contributed by atoms with Crippen LogP contribution in [-0.4, -0.2) is 65.0 Å². The van der Waals surface area contributed by atoms with Gasteiger partial charge in [-0.05, 0) is 150 Å². The van der Waals surface area contributed by atoms with E-state index in [2.05, 4.69) is 217 Å². The van der Waals surface area contributed by atoms with Crippen molar-refractivity contribution in [3.63, 3.8) is 0 Å². The van der Waals surface area contributed by atoms with E-state index in [0.717, 1.165) is 0 Å². The number of carboxylic acids is 2. The molecule has 0 fully saturated rings. The first-order valence-electron chi connectivity index (χ1n) is 16.3. The third-order valence-electron chi connectivity index (χ3n) is 5.32. The van der Waals surface area contributed by atoms with Gasteiger partial charge in [0.25, 0.3) is 5.91 Å². The molecule has 0 aromatic heterocycles. The van der Waals surface area contributed by atoms with Gasteiger partial charge >= 0.3 is 11.9 Å². The van der Waals surface area contributed by atoms with Crippen LogP contribution in [0, 0.1) is 202 Å². The monoisotopic (exact) mass is 784 g/mol. The van der Waals surface area contributed by atoms with E-state index in [-0.39, 0.29) is 25.9 Å². The molecule has 3 amide bonds. The zero-order chi connectivity index (χ0) is 44.2. The predicted octanol–water partition coefficient (Wildman–Crippen LogP) is -2.01. The third kappa shape index (κ3) is 33.5. The van der Waals surface area contributed by atoms with Gasteiger partial charge in [-0.15, -0.1) is 11.9 Å². The Balaban J connectivity index is 5.12.